The van der Waals surface area contributed by atoms with Crippen molar-refractivity contribution in [3.63, 3.8) is 0 Å². The number of rotatable bonds is 5. The summed E-state index contributed by atoms with van der Waals surface area (Å²) >= 11 is 1.74. The molecule has 0 aliphatic carbocycles. The molecule has 1 aromatic rings. The molecular weight excluding hydrogens is 270 g/mol. The molecule has 0 aromatic carbocycles. The third-order valence-corrected chi connectivity index (χ3v) is 5.59. The van der Waals surface area contributed by atoms with Gasteiger partial charge in [-0.25, -0.2) is 4.98 Å². The van der Waals surface area contributed by atoms with Crippen molar-refractivity contribution in [3.8, 4) is 0 Å². The molecule has 1 fully saturated rings. The highest BCUT2D eigenvalue weighted by Gasteiger charge is 2.25. The van der Waals surface area contributed by atoms with Gasteiger partial charge in [0.1, 0.15) is 0 Å². The van der Waals surface area contributed by atoms with E-state index in [0.29, 0.717) is 12.5 Å². The highest BCUT2D eigenvalue weighted by Crippen LogP contribution is 2.29. The minimum Gasteiger partial charge on any atom is -0.338 e. The van der Waals surface area contributed by atoms with Crippen LogP contribution in [0.15, 0.2) is 0 Å². The first-order valence-electron chi connectivity index (χ1n) is 7.48. The van der Waals surface area contributed by atoms with E-state index in [1.54, 1.807) is 11.3 Å². The Morgan fingerprint density at radius 3 is 2.90 bits per heavy atom. The number of nitrogens with one attached hydrogen (secondary N) is 1. The molecule has 0 bridgehead atoms. The maximum absolute atomic E-state index is 12.4. The Morgan fingerprint density at radius 2 is 2.35 bits per heavy atom. The third-order valence-electron chi connectivity index (χ3n) is 4.12. The molecule has 1 aliphatic rings. The largest absolute Gasteiger partial charge is 0.338 e. The number of thiazole rings is 1. The first-order chi connectivity index (χ1) is 9.52. The second kappa shape index (κ2) is 6.68. The van der Waals surface area contributed by atoms with Gasteiger partial charge in [0.05, 0.1) is 16.7 Å². The number of aryl methyl sites for hydroxylation is 2. The lowest BCUT2D eigenvalue weighted by molar-refractivity contribution is -0.132. The molecular formula is C15H25N3OS. The second-order valence-electron chi connectivity index (χ2n) is 5.59. The maximum Gasteiger partial charge on any atom is 0.224 e. The van der Waals surface area contributed by atoms with Gasteiger partial charge in [-0.3, -0.25) is 4.79 Å². The van der Waals surface area contributed by atoms with Crippen LogP contribution >= 0.6 is 11.3 Å². The van der Waals surface area contributed by atoms with Crippen LogP contribution in [0.1, 0.15) is 54.7 Å². The topological polar surface area (TPSA) is 45.2 Å². The zero-order valence-electron chi connectivity index (χ0n) is 12.9. The molecule has 2 rings (SSSR count). The Morgan fingerprint density at radius 1 is 1.60 bits per heavy atom. The van der Waals surface area contributed by atoms with Crippen LogP contribution in [-0.2, 0) is 11.2 Å². The van der Waals surface area contributed by atoms with Gasteiger partial charge in [0, 0.05) is 24.4 Å². The molecule has 20 heavy (non-hydrogen) atoms. The molecule has 112 valence electrons. The van der Waals surface area contributed by atoms with E-state index in [0.717, 1.165) is 30.1 Å². The average Bonchev–Trinajstić information content (AvgIpc) is 3.06. The van der Waals surface area contributed by atoms with Gasteiger partial charge < -0.3 is 10.2 Å². The van der Waals surface area contributed by atoms with Crippen LogP contribution in [0, 0.1) is 6.92 Å². The van der Waals surface area contributed by atoms with Gasteiger partial charge in [0.15, 0.2) is 0 Å². The van der Waals surface area contributed by atoms with E-state index < -0.39 is 0 Å². The number of aromatic nitrogens is 1. The molecule has 2 unspecified atom stereocenters. The zero-order valence-corrected chi connectivity index (χ0v) is 13.7. The van der Waals surface area contributed by atoms with Crippen molar-refractivity contribution in [1.82, 2.24) is 15.2 Å². The summed E-state index contributed by atoms with van der Waals surface area (Å²) in [6.45, 7) is 7.30. The van der Waals surface area contributed by atoms with Crippen molar-refractivity contribution in [1.29, 1.82) is 0 Å². The summed E-state index contributed by atoms with van der Waals surface area (Å²) in [5, 5.41) is 4.54. The molecule has 0 spiro atoms. The molecule has 1 saturated heterocycles. The summed E-state index contributed by atoms with van der Waals surface area (Å²) in [6, 6.07) is 0.479. The Hall–Kier alpha value is -0.940. The van der Waals surface area contributed by atoms with Crippen LogP contribution in [0.3, 0.4) is 0 Å². The molecule has 1 aromatic heterocycles. The van der Waals surface area contributed by atoms with E-state index in [1.165, 1.54) is 11.3 Å². The van der Waals surface area contributed by atoms with E-state index in [9.17, 15) is 4.79 Å². The minimum absolute atomic E-state index is 0.113. The van der Waals surface area contributed by atoms with E-state index in [2.05, 4.69) is 24.1 Å². The highest BCUT2D eigenvalue weighted by molar-refractivity contribution is 7.11. The first-order valence-corrected chi connectivity index (χ1v) is 8.29. The average molecular weight is 295 g/mol. The van der Waals surface area contributed by atoms with Crippen LogP contribution in [0.2, 0.25) is 0 Å². The Bertz CT molecular complexity index is 466. The van der Waals surface area contributed by atoms with Crippen molar-refractivity contribution in [3.05, 3.63) is 15.6 Å². The maximum atomic E-state index is 12.4. The molecule has 1 aliphatic heterocycles. The summed E-state index contributed by atoms with van der Waals surface area (Å²) in [4.78, 5) is 20.0. The first kappa shape index (κ1) is 15.4. The van der Waals surface area contributed by atoms with Gasteiger partial charge in [0.2, 0.25) is 5.91 Å². The summed E-state index contributed by atoms with van der Waals surface area (Å²) in [5.41, 5.74) is 1.07. The van der Waals surface area contributed by atoms with Gasteiger partial charge in [-0.15, -0.1) is 11.3 Å². The summed E-state index contributed by atoms with van der Waals surface area (Å²) in [6.07, 6.45) is 3.87. The summed E-state index contributed by atoms with van der Waals surface area (Å²) in [7, 11) is 1.91. The van der Waals surface area contributed by atoms with Crippen LogP contribution in [-0.4, -0.2) is 35.4 Å². The van der Waals surface area contributed by atoms with Gasteiger partial charge >= 0.3 is 0 Å². The van der Waals surface area contributed by atoms with E-state index >= 15 is 0 Å². The molecule has 5 heteroatoms. The standard InChI is InChI=1S/C15H25N3OS/c1-5-13-17-10(2)15(20-13)11(3)18(4)14(19)9-12-7-6-8-16-12/h11-12,16H,5-9H2,1-4H3. The Kier molecular flexibility index (Phi) is 5.16. The van der Waals surface area contributed by atoms with Crippen molar-refractivity contribution >= 4 is 17.2 Å². The van der Waals surface area contributed by atoms with E-state index in [1.807, 2.05) is 18.9 Å². The van der Waals surface area contributed by atoms with Crippen molar-refractivity contribution in [2.45, 2.75) is 58.5 Å². The van der Waals surface area contributed by atoms with Crippen LogP contribution in [0.5, 0.6) is 0 Å². The molecule has 4 nitrogen and oxygen atoms in total. The van der Waals surface area contributed by atoms with Crippen molar-refractivity contribution in [2.24, 2.45) is 0 Å². The Balaban J connectivity index is 2.00. The summed E-state index contributed by atoms with van der Waals surface area (Å²) < 4.78 is 0. The lowest BCUT2D eigenvalue weighted by Crippen LogP contribution is -2.34. The molecule has 1 amide bonds. The van der Waals surface area contributed by atoms with E-state index in [-0.39, 0.29) is 11.9 Å². The molecule has 0 radical (unpaired) electrons. The molecule has 1 N–H and O–H groups in total. The highest BCUT2D eigenvalue weighted by atomic mass is 32.1. The number of carbonyl (C=O) groups excluding carboxylic acids is 1. The van der Waals surface area contributed by atoms with Crippen LogP contribution in [0.25, 0.3) is 0 Å². The third kappa shape index (κ3) is 3.38. The monoisotopic (exact) mass is 295 g/mol. The van der Waals surface area contributed by atoms with Gasteiger partial charge in [0.25, 0.3) is 0 Å². The van der Waals surface area contributed by atoms with Crippen LogP contribution in [0.4, 0.5) is 0 Å². The number of hydrogen-bond donors (Lipinski definition) is 1. The zero-order chi connectivity index (χ0) is 14.7. The van der Waals surface area contributed by atoms with Crippen molar-refractivity contribution in [2.75, 3.05) is 13.6 Å². The van der Waals surface area contributed by atoms with Gasteiger partial charge in [-0.2, -0.15) is 0 Å². The smallest absolute Gasteiger partial charge is 0.224 e. The fraction of sp³-hybridized carbons (Fsp3) is 0.733. The normalized spacial score (nSPS) is 20.1. The lowest BCUT2D eigenvalue weighted by atomic mass is 10.1. The number of nitrogens with zero attached hydrogens (tertiary/aromatic N) is 2. The van der Waals surface area contributed by atoms with Crippen LogP contribution < -0.4 is 5.32 Å². The number of hydrogen-bond acceptors (Lipinski definition) is 4. The minimum atomic E-state index is 0.113. The SMILES string of the molecule is CCc1nc(C)c(C(C)N(C)C(=O)CC2CCCN2)s1. The van der Waals surface area contributed by atoms with Gasteiger partial charge in [-0.1, -0.05) is 6.92 Å². The predicted octanol–water partition coefficient (Wildman–Crippen LogP) is 2.68. The van der Waals surface area contributed by atoms with Gasteiger partial charge in [-0.05, 0) is 39.7 Å². The number of amides is 1. The van der Waals surface area contributed by atoms with Crippen molar-refractivity contribution < 1.29 is 4.79 Å². The summed E-state index contributed by atoms with van der Waals surface area (Å²) in [5.74, 6) is 0.225. The molecule has 2 heterocycles. The fourth-order valence-electron chi connectivity index (χ4n) is 2.68. The fourth-order valence-corrected chi connectivity index (χ4v) is 3.78. The number of carbonyl (C=O) groups is 1. The second-order valence-corrected chi connectivity index (χ2v) is 6.70. The molecule has 2 atom stereocenters. The Labute approximate surface area is 125 Å². The lowest BCUT2D eigenvalue weighted by Gasteiger charge is -2.25. The molecule has 0 saturated carbocycles. The van der Waals surface area contributed by atoms with E-state index in [4.69, 9.17) is 0 Å². The predicted molar refractivity (Wildman–Crippen MR) is 83.1 cm³/mol. The quantitative estimate of drug-likeness (QED) is 0.908.